The summed E-state index contributed by atoms with van der Waals surface area (Å²) in [5.74, 6) is 0. The molecule has 0 aromatic rings. The SMILES string of the molecule is CC1[Si]O[Si]2(CCCN)O[Si]C(C)C1[Si]O2. The Kier molecular flexibility index (Phi) is 4.57. The third-order valence-electron chi connectivity index (χ3n) is 2.92. The Morgan fingerprint density at radius 2 is 1.62 bits per heavy atom. The van der Waals surface area contributed by atoms with E-state index in [1.54, 1.807) is 0 Å². The zero-order chi connectivity index (χ0) is 11.6. The Morgan fingerprint density at radius 1 is 1.06 bits per heavy atom. The van der Waals surface area contributed by atoms with Gasteiger partial charge < -0.3 is 18.1 Å². The molecule has 6 radical (unpaired) electrons. The average molecular weight is 288 g/mol. The fourth-order valence-corrected chi connectivity index (χ4v) is 11.8. The molecule has 16 heavy (non-hydrogen) atoms. The number of rotatable bonds is 3. The molecule has 2 fully saturated rings. The Balaban J connectivity index is 2.09. The minimum atomic E-state index is -2.34. The molecule has 0 spiro atoms. The molecule has 2 rings (SSSR count). The molecule has 88 valence electrons. The number of nitrogens with two attached hydrogens (primary N) is 1. The molecule has 2 aliphatic rings. The van der Waals surface area contributed by atoms with Gasteiger partial charge in [0.15, 0.2) is 0 Å². The van der Waals surface area contributed by atoms with E-state index < -0.39 is 8.80 Å². The normalized spacial score (nSPS) is 44.1. The van der Waals surface area contributed by atoms with Crippen molar-refractivity contribution in [1.29, 1.82) is 0 Å². The van der Waals surface area contributed by atoms with Crippen LogP contribution < -0.4 is 5.73 Å². The van der Waals surface area contributed by atoms with Crippen LogP contribution >= 0.6 is 0 Å². The van der Waals surface area contributed by atoms with Crippen molar-refractivity contribution in [2.24, 2.45) is 5.73 Å². The summed E-state index contributed by atoms with van der Waals surface area (Å²) in [4.78, 5) is 0. The first-order chi connectivity index (χ1) is 7.67. The van der Waals surface area contributed by atoms with Gasteiger partial charge in [0.1, 0.15) is 0 Å². The first-order valence-corrected chi connectivity index (χ1v) is 10.6. The van der Waals surface area contributed by atoms with Crippen molar-refractivity contribution in [2.45, 2.75) is 42.9 Å². The lowest BCUT2D eigenvalue weighted by Gasteiger charge is -2.30. The van der Waals surface area contributed by atoms with Crippen LogP contribution in [0.5, 0.6) is 0 Å². The molecule has 0 aliphatic carbocycles. The molecule has 2 bridgehead atoms. The molecular weight excluding hydrogens is 270 g/mol. The van der Waals surface area contributed by atoms with Crippen LogP contribution in [-0.2, 0) is 12.3 Å². The molecule has 2 heterocycles. The maximum absolute atomic E-state index is 6.04. The summed E-state index contributed by atoms with van der Waals surface area (Å²) in [5.41, 5.74) is 7.44. The van der Waals surface area contributed by atoms with Gasteiger partial charge >= 0.3 is 8.80 Å². The molecule has 0 aromatic carbocycles. The van der Waals surface area contributed by atoms with Crippen molar-refractivity contribution in [3.8, 4) is 0 Å². The second kappa shape index (κ2) is 5.57. The lowest BCUT2D eigenvalue weighted by atomic mass is 10.2. The molecule has 4 nitrogen and oxygen atoms in total. The van der Waals surface area contributed by atoms with Gasteiger partial charge in [-0.3, -0.25) is 0 Å². The highest BCUT2D eigenvalue weighted by Gasteiger charge is 2.49. The van der Waals surface area contributed by atoms with E-state index >= 15 is 0 Å². The number of hydrogen-bond donors (Lipinski definition) is 1. The van der Waals surface area contributed by atoms with Crippen LogP contribution in [0.25, 0.3) is 0 Å². The summed E-state index contributed by atoms with van der Waals surface area (Å²) >= 11 is 0. The highest BCUT2D eigenvalue weighted by molar-refractivity contribution is 6.76. The summed E-state index contributed by atoms with van der Waals surface area (Å²) < 4.78 is 18.0. The predicted octanol–water partition coefficient (Wildman–Crippen LogP) is 0.614. The van der Waals surface area contributed by atoms with Crippen LogP contribution in [0.15, 0.2) is 0 Å². The van der Waals surface area contributed by atoms with Crippen molar-refractivity contribution in [3.05, 3.63) is 0 Å². The van der Waals surface area contributed by atoms with Crippen molar-refractivity contribution in [1.82, 2.24) is 0 Å². The Morgan fingerprint density at radius 3 is 2.19 bits per heavy atom. The Bertz CT molecular complexity index is 231. The molecule has 0 saturated carbocycles. The molecule has 8 heteroatoms. The first kappa shape index (κ1) is 13.1. The average Bonchev–Trinajstić information content (AvgIpc) is 2.54. The molecule has 0 amide bonds. The highest BCUT2D eigenvalue weighted by Crippen LogP contribution is 2.41. The zero-order valence-electron chi connectivity index (χ0n) is 9.66. The molecular formula is C8H17NO3Si4. The van der Waals surface area contributed by atoms with Gasteiger partial charge in [0.2, 0.25) is 29.3 Å². The quantitative estimate of drug-likeness (QED) is 0.773. The molecule has 2 aliphatic heterocycles. The smallest absolute Gasteiger partial charge is 0.416 e. The third-order valence-corrected chi connectivity index (χ3v) is 12.4. The van der Waals surface area contributed by atoms with E-state index in [0.29, 0.717) is 52.5 Å². The van der Waals surface area contributed by atoms with E-state index in [9.17, 15) is 0 Å². The van der Waals surface area contributed by atoms with Gasteiger partial charge in [-0.25, -0.2) is 0 Å². The van der Waals surface area contributed by atoms with Gasteiger partial charge in [0, 0.05) is 6.04 Å². The van der Waals surface area contributed by atoms with Crippen LogP contribution in [0.2, 0.25) is 22.7 Å². The van der Waals surface area contributed by atoms with E-state index in [1.165, 1.54) is 0 Å². The van der Waals surface area contributed by atoms with Gasteiger partial charge in [0.25, 0.3) is 0 Å². The van der Waals surface area contributed by atoms with Gasteiger partial charge in [-0.15, -0.1) is 0 Å². The second-order valence-corrected chi connectivity index (χ2v) is 11.8. The van der Waals surface area contributed by atoms with Crippen LogP contribution in [0.3, 0.4) is 0 Å². The van der Waals surface area contributed by atoms with Crippen LogP contribution in [0.1, 0.15) is 20.3 Å². The zero-order valence-corrected chi connectivity index (χ0v) is 13.7. The minimum Gasteiger partial charge on any atom is -0.416 e. The maximum atomic E-state index is 6.04. The van der Waals surface area contributed by atoms with Crippen molar-refractivity contribution >= 4 is 38.1 Å². The largest absolute Gasteiger partial charge is 0.469 e. The molecule has 2 saturated heterocycles. The van der Waals surface area contributed by atoms with E-state index in [0.717, 1.165) is 12.5 Å². The third kappa shape index (κ3) is 2.75. The summed E-state index contributed by atoms with van der Waals surface area (Å²) in [6.07, 6.45) is 0.944. The summed E-state index contributed by atoms with van der Waals surface area (Å²) in [5, 5.41) is 0. The Hall–Kier alpha value is 0.708. The highest BCUT2D eigenvalue weighted by atomic mass is 28.5. The summed E-state index contributed by atoms with van der Waals surface area (Å²) in [6.45, 7) is 5.24. The van der Waals surface area contributed by atoms with Gasteiger partial charge in [-0.05, 0) is 29.6 Å². The van der Waals surface area contributed by atoms with E-state index in [2.05, 4.69) is 13.8 Å². The van der Waals surface area contributed by atoms with Crippen LogP contribution in [0, 0.1) is 0 Å². The van der Waals surface area contributed by atoms with E-state index in [-0.39, 0.29) is 0 Å². The fraction of sp³-hybridized carbons (Fsp3) is 1.00. The van der Waals surface area contributed by atoms with Crippen molar-refractivity contribution in [3.63, 3.8) is 0 Å². The van der Waals surface area contributed by atoms with E-state index in [4.69, 9.17) is 18.1 Å². The van der Waals surface area contributed by atoms with Crippen molar-refractivity contribution in [2.75, 3.05) is 6.54 Å². The van der Waals surface area contributed by atoms with E-state index in [1.807, 2.05) is 0 Å². The second-order valence-electron chi connectivity index (χ2n) is 4.34. The van der Waals surface area contributed by atoms with Gasteiger partial charge in [0.05, 0.1) is 0 Å². The number of fused-ring (bicyclic) bond motifs is 3. The lowest BCUT2D eigenvalue weighted by Crippen LogP contribution is -2.47. The van der Waals surface area contributed by atoms with Crippen molar-refractivity contribution < 1.29 is 12.3 Å². The molecule has 2 atom stereocenters. The van der Waals surface area contributed by atoms with Crippen LogP contribution in [-0.4, -0.2) is 44.6 Å². The molecule has 0 aromatic heterocycles. The fourth-order valence-electron chi connectivity index (χ4n) is 1.84. The topological polar surface area (TPSA) is 53.7 Å². The van der Waals surface area contributed by atoms with Crippen LogP contribution in [0.4, 0.5) is 0 Å². The predicted molar refractivity (Wildman–Crippen MR) is 67.3 cm³/mol. The maximum Gasteiger partial charge on any atom is 0.469 e. The van der Waals surface area contributed by atoms with Gasteiger partial charge in [-0.2, -0.15) is 0 Å². The van der Waals surface area contributed by atoms with Gasteiger partial charge in [-0.1, -0.05) is 13.8 Å². The number of hydrogen-bond acceptors (Lipinski definition) is 4. The minimum absolute atomic E-state index is 0.538. The monoisotopic (exact) mass is 287 g/mol. The summed E-state index contributed by atoms with van der Waals surface area (Å²) in [7, 11) is -0.707. The molecule has 2 N–H and O–H groups in total. The molecule has 2 unspecified atom stereocenters. The Labute approximate surface area is 106 Å². The first-order valence-electron chi connectivity index (χ1n) is 5.67. The summed E-state index contributed by atoms with van der Waals surface area (Å²) in [6, 6.07) is 0.892. The lowest BCUT2D eigenvalue weighted by molar-refractivity contribution is 0.282. The standard InChI is InChI=1S/C8H17NO3Si4/c1-6-8-7(2)14-11-16(10-13-6,12-15-8)5-3-4-9/h6-8H,3-5,9H2,1-2H3.